The van der Waals surface area contributed by atoms with Gasteiger partial charge in [0.25, 0.3) is 0 Å². The Labute approximate surface area is 161 Å². The first-order valence-electron chi connectivity index (χ1n) is 8.80. The molecule has 0 aliphatic heterocycles. The molecule has 0 fully saturated rings. The van der Waals surface area contributed by atoms with Crippen LogP contribution < -0.4 is 0 Å². The third kappa shape index (κ3) is 4.47. The lowest BCUT2D eigenvalue weighted by atomic mass is 10.2. The van der Waals surface area contributed by atoms with E-state index in [9.17, 15) is 4.79 Å². The van der Waals surface area contributed by atoms with Gasteiger partial charge in [-0.3, -0.25) is 4.79 Å². The predicted molar refractivity (Wildman–Crippen MR) is 101 cm³/mol. The summed E-state index contributed by atoms with van der Waals surface area (Å²) in [6.07, 6.45) is 3.45. The van der Waals surface area contributed by atoms with E-state index < -0.39 is 0 Å². The zero-order chi connectivity index (χ0) is 19.2. The first-order chi connectivity index (χ1) is 13.8. The van der Waals surface area contributed by atoms with Crippen LogP contribution in [-0.4, -0.2) is 36.0 Å². The van der Waals surface area contributed by atoms with E-state index in [0.717, 1.165) is 11.1 Å². The Kier molecular flexibility index (Phi) is 5.19. The van der Waals surface area contributed by atoms with Crippen molar-refractivity contribution in [2.75, 3.05) is 0 Å². The van der Waals surface area contributed by atoms with E-state index in [2.05, 4.69) is 20.6 Å². The lowest BCUT2D eigenvalue weighted by Crippen LogP contribution is -2.14. The fraction of sp³-hybridized carbons (Fsp3) is 0.150. The number of hydrogen-bond acceptors (Lipinski definition) is 6. The molecule has 4 rings (SSSR count). The fourth-order valence-electron chi connectivity index (χ4n) is 2.67. The lowest BCUT2D eigenvalue weighted by Gasteiger charge is -2.04. The molecule has 0 bridgehead atoms. The van der Waals surface area contributed by atoms with Gasteiger partial charge >= 0.3 is 5.97 Å². The van der Waals surface area contributed by atoms with E-state index >= 15 is 0 Å². The van der Waals surface area contributed by atoms with Crippen LogP contribution in [0.2, 0.25) is 0 Å². The van der Waals surface area contributed by atoms with Crippen LogP contribution in [-0.2, 0) is 29.2 Å². The summed E-state index contributed by atoms with van der Waals surface area (Å²) in [5.41, 5.74) is 3.21. The Hall–Kier alpha value is -3.81. The van der Waals surface area contributed by atoms with Crippen molar-refractivity contribution in [3.63, 3.8) is 0 Å². The van der Waals surface area contributed by atoms with Crippen molar-refractivity contribution in [2.45, 2.75) is 19.7 Å². The largest absolute Gasteiger partial charge is 0.459 e. The monoisotopic (exact) mass is 374 g/mol. The molecule has 0 aliphatic rings. The number of benzene rings is 2. The second-order valence-corrected chi connectivity index (χ2v) is 6.23. The number of esters is 1. The summed E-state index contributed by atoms with van der Waals surface area (Å²) >= 11 is 0. The van der Waals surface area contributed by atoms with E-state index in [4.69, 9.17) is 4.74 Å². The number of carbonyl (C=O) groups is 1. The Bertz CT molecular complexity index is 1040. The van der Waals surface area contributed by atoms with E-state index in [1.54, 1.807) is 17.1 Å². The van der Waals surface area contributed by atoms with Crippen LogP contribution in [0.4, 0.5) is 0 Å². The Morgan fingerprint density at radius 3 is 2.04 bits per heavy atom. The van der Waals surface area contributed by atoms with Gasteiger partial charge in [0.15, 0.2) is 0 Å². The molecule has 0 saturated carbocycles. The predicted octanol–water partition coefficient (Wildman–Crippen LogP) is 2.33. The van der Waals surface area contributed by atoms with Crippen molar-refractivity contribution in [3.05, 3.63) is 84.2 Å². The van der Waals surface area contributed by atoms with Gasteiger partial charge in [-0.25, -0.2) is 9.36 Å². The number of carbonyl (C=O) groups excluding carboxylic acids is 1. The van der Waals surface area contributed by atoms with Crippen molar-refractivity contribution >= 4 is 5.97 Å². The quantitative estimate of drug-likeness (QED) is 0.461. The molecule has 8 heteroatoms. The first kappa shape index (κ1) is 17.6. The molecule has 0 aliphatic carbocycles. The summed E-state index contributed by atoms with van der Waals surface area (Å²) in [5.74, 6) is -0.381. The highest BCUT2D eigenvalue weighted by Crippen LogP contribution is 2.13. The van der Waals surface area contributed by atoms with Gasteiger partial charge < -0.3 is 4.74 Å². The third-order valence-electron chi connectivity index (χ3n) is 4.06. The van der Waals surface area contributed by atoms with Gasteiger partial charge in [0.2, 0.25) is 0 Å². The molecule has 0 amide bonds. The SMILES string of the molecule is O=C(Cn1cc(-c2cn(Cc3ccccc3)nn2)nn1)OCc1ccccc1. The molecule has 8 nitrogen and oxygen atoms in total. The third-order valence-corrected chi connectivity index (χ3v) is 4.06. The Morgan fingerprint density at radius 2 is 1.36 bits per heavy atom. The number of aromatic nitrogens is 6. The summed E-state index contributed by atoms with van der Waals surface area (Å²) in [6, 6.07) is 19.5. The van der Waals surface area contributed by atoms with Crippen molar-refractivity contribution in [1.82, 2.24) is 30.0 Å². The van der Waals surface area contributed by atoms with Crippen molar-refractivity contribution in [1.29, 1.82) is 0 Å². The minimum absolute atomic E-state index is 0.0159. The van der Waals surface area contributed by atoms with Crippen LogP contribution in [0.5, 0.6) is 0 Å². The van der Waals surface area contributed by atoms with Crippen LogP contribution in [0.25, 0.3) is 11.4 Å². The fourth-order valence-corrected chi connectivity index (χ4v) is 2.67. The van der Waals surface area contributed by atoms with Crippen LogP contribution in [0.15, 0.2) is 73.1 Å². The van der Waals surface area contributed by atoms with Crippen LogP contribution in [0.1, 0.15) is 11.1 Å². The molecule has 2 aromatic heterocycles. The molecule has 0 saturated heterocycles. The van der Waals surface area contributed by atoms with Gasteiger partial charge in [-0.15, -0.1) is 10.2 Å². The molecule has 2 aromatic carbocycles. The smallest absolute Gasteiger partial charge is 0.328 e. The second-order valence-electron chi connectivity index (χ2n) is 6.23. The maximum Gasteiger partial charge on any atom is 0.328 e. The van der Waals surface area contributed by atoms with Crippen molar-refractivity contribution < 1.29 is 9.53 Å². The molecule has 28 heavy (non-hydrogen) atoms. The molecule has 140 valence electrons. The maximum atomic E-state index is 12.0. The highest BCUT2D eigenvalue weighted by atomic mass is 16.5. The average molecular weight is 374 g/mol. The van der Waals surface area contributed by atoms with Crippen molar-refractivity contribution in [2.24, 2.45) is 0 Å². The van der Waals surface area contributed by atoms with E-state index in [1.807, 2.05) is 60.7 Å². The normalized spacial score (nSPS) is 10.7. The van der Waals surface area contributed by atoms with E-state index in [1.165, 1.54) is 4.68 Å². The number of ether oxygens (including phenoxy) is 1. The van der Waals surface area contributed by atoms with Gasteiger partial charge in [-0.05, 0) is 11.1 Å². The molecule has 0 atom stereocenters. The summed E-state index contributed by atoms with van der Waals surface area (Å²) in [6.45, 7) is 0.834. The summed E-state index contributed by atoms with van der Waals surface area (Å²) < 4.78 is 8.42. The summed E-state index contributed by atoms with van der Waals surface area (Å²) in [7, 11) is 0. The molecule has 4 aromatic rings. The average Bonchev–Trinajstić information content (AvgIpc) is 3.37. The van der Waals surface area contributed by atoms with Gasteiger partial charge in [0.1, 0.15) is 24.5 Å². The minimum atomic E-state index is -0.381. The maximum absolute atomic E-state index is 12.0. The van der Waals surface area contributed by atoms with Crippen LogP contribution in [0.3, 0.4) is 0 Å². The number of nitrogens with zero attached hydrogens (tertiary/aromatic N) is 6. The van der Waals surface area contributed by atoms with Crippen molar-refractivity contribution in [3.8, 4) is 11.4 Å². The molecule has 0 N–H and O–H groups in total. The minimum Gasteiger partial charge on any atom is -0.459 e. The van der Waals surface area contributed by atoms with Gasteiger partial charge in [0.05, 0.1) is 18.9 Å². The van der Waals surface area contributed by atoms with Gasteiger partial charge in [0, 0.05) is 0 Å². The Balaban J connectivity index is 1.34. The molecule has 0 spiro atoms. The molecular formula is C20H18N6O2. The lowest BCUT2D eigenvalue weighted by molar-refractivity contribution is -0.145. The second kappa shape index (κ2) is 8.26. The van der Waals surface area contributed by atoms with Gasteiger partial charge in [-0.1, -0.05) is 71.1 Å². The zero-order valence-corrected chi connectivity index (χ0v) is 15.0. The zero-order valence-electron chi connectivity index (χ0n) is 15.0. The standard InChI is InChI=1S/C20H18N6O2/c27-20(28-15-17-9-5-2-6-10-17)14-26-13-19(22-24-26)18-12-25(23-21-18)11-16-7-3-1-4-8-16/h1-10,12-13H,11,14-15H2. The Morgan fingerprint density at radius 1 is 0.786 bits per heavy atom. The highest BCUT2D eigenvalue weighted by Gasteiger charge is 2.12. The summed E-state index contributed by atoms with van der Waals surface area (Å²) in [5, 5.41) is 16.3. The van der Waals surface area contributed by atoms with Crippen LogP contribution in [0, 0.1) is 0 Å². The molecule has 2 heterocycles. The van der Waals surface area contributed by atoms with E-state index in [-0.39, 0.29) is 19.1 Å². The van der Waals surface area contributed by atoms with Crippen LogP contribution >= 0.6 is 0 Å². The molecular weight excluding hydrogens is 356 g/mol. The summed E-state index contributed by atoms with van der Waals surface area (Å²) in [4.78, 5) is 12.0. The molecule has 0 unspecified atom stereocenters. The van der Waals surface area contributed by atoms with Gasteiger partial charge in [-0.2, -0.15) is 0 Å². The highest BCUT2D eigenvalue weighted by molar-refractivity contribution is 5.69. The number of rotatable bonds is 7. The number of hydrogen-bond donors (Lipinski definition) is 0. The van der Waals surface area contributed by atoms with E-state index in [0.29, 0.717) is 17.9 Å². The molecule has 0 radical (unpaired) electrons. The topological polar surface area (TPSA) is 87.7 Å². The first-order valence-corrected chi connectivity index (χ1v) is 8.80.